The second-order valence-corrected chi connectivity index (χ2v) is 3.54. The molecule has 1 aromatic carbocycles. The molecular weight excluding hydrogens is 233 g/mol. The van der Waals surface area contributed by atoms with Gasteiger partial charge in [0.2, 0.25) is 0 Å². The third-order valence-electron chi connectivity index (χ3n) is 2.38. The summed E-state index contributed by atoms with van der Waals surface area (Å²) in [4.78, 5) is 8.17. The van der Waals surface area contributed by atoms with Gasteiger partial charge >= 0.3 is 0 Å². The van der Waals surface area contributed by atoms with Gasteiger partial charge in [-0.15, -0.1) is 0 Å². The quantitative estimate of drug-likeness (QED) is 0.830. The number of benzene rings is 1. The largest absolute Gasteiger partial charge is 0.496 e. The summed E-state index contributed by atoms with van der Waals surface area (Å²) in [6, 6.07) is 7.83. The Kier molecular flexibility index (Phi) is 3.49. The minimum Gasteiger partial charge on any atom is -0.496 e. The van der Waals surface area contributed by atoms with Gasteiger partial charge in [0.25, 0.3) is 0 Å². The van der Waals surface area contributed by atoms with Crippen molar-refractivity contribution in [2.75, 3.05) is 7.11 Å². The Hall–Kier alpha value is -2.48. The van der Waals surface area contributed by atoms with E-state index >= 15 is 0 Å². The molecule has 0 N–H and O–H groups in total. The van der Waals surface area contributed by atoms with Gasteiger partial charge in [0, 0.05) is 11.8 Å². The Balaban J connectivity index is 2.51. The fraction of sp³-hybridized carbons (Fsp3) is 0.154. The van der Waals surface area contributed by atoms with Gasteiger partial charge in [-0.25, -0.2) is 14.4 Å². The van der Waals surface area contributed by atoms with Crippen molar-refractivity contribution in [3.63, 3.8) is 0 Å². The lowest BCUT2D eigenvalue weighted by Gasteiger charge is -2.08. The van der Waals surface area contributed by atoms with E-state index in [1.165, 1.54) is 25.3 Å². The smallest absolute Gasteiger partial charge is 0.142 e. The van der Waals surface area contributed by atoms with Crippen LogP contribution in [0, 0.1) is 17.1 Å². The Morgan fingerprint density at radius 1 is 1.39 bits per heavy atom. The fourth-order valence-electron chi connectivity index (χ4n) is 1.59. The highest BCUT2D eigenvalue weighted by Crippen LogP contribution is 2.28. The van der Waals surface area contributed by atoms with E-state index in [1.807, 2.05) is 6.07 Å². The van der Waals surface area contributed by atoms with Crippen LogP contribution in [0.3, 0.4) is 0 Å². The Morgan fingerprint density at radius 2 is 2.22 bits per heavy atom. The summed E-state index contributed by atoms with van der Waals surface area (Å²) in [6.07, 6.45) is 1.66. The number of aromatic nitrogens is 2. The molecule has 1 heterocycles. The van der Waals surface area contributed by atoms with E-state index in [9.17, 15) is 4.39 Å². The van der Waals surface area contributed by atoms with Crippen LogP contribution in [0.2, 0.25) is 0 Å². The van der Waals surface area contributed by atoms with Crippen molar-refractivity contribution in [1.29, 1.82) is 5.26 Å². The van der Waals surface area contributed by atoms with Gasteiger partial charge in [0.05, 0.1) is 25.3 Å². The first-order valence-electron chi connectivity index (χ1n) is 5.27. The second kappa shape index (κ2) is 5.23. The molecule has 0 atom stereocenters. The average Bonchev–Trinajstić information content (AvgIpc) is 2.39. The molecule has 0 spiro atoms. The molecule has 0 aliphatic heterocycles. The summed E-state index contributed by atoms with van der Waals surface area (Å²) in [5.74, 6) is 0.561. The molecule has 0 aliphatic carbocycles. The van der Waals surface area contributed by atoms with Crippen molar-refractivity contribution >= 4 is 0 Å². The maximum atomic E-state index is 13.3. The Bertz CT molecular complexity index is 607. The van der Waals surface area contributed by atoms with Crippen LogP contribution in [-0.4, -0.2) is 17.1 Å². The van der Waals surface area contributed by atoms with E-state index in [0.717, 1.165) is 0 Å². The van der Waals surface area contributed by atoms with E-state index in [-0.39, 0.29) is 12.2 Å². The first kappa shape index (κ1) is 12.0. The Labute approximate surface area is 104 Å². The predicted octanol–water partition coefficient (Wildman–Crippen LogP) is 2.36. The standard InChI is InChI=1S/C13H10FN3O/c1-18-12-3-2-9(14)8-10(12)11-5-7-16-13(17-11)4-6-15/h2-3,5,7-8H,4H2,1H3. The zero-order chi connectivity index (χ0) is 13.0. The number of hydrogen-bond donors (Lipinski definition) is 0. The zero-order valence-electron chi connectivity index (χ0n) is 9.72. The van der Waals surface area contributed by atoms with Gasteiger partial charge in [0.1, 0.15) is 17.4 Å². The van der Waals surface area contributed by atoms with Crippen LogP contribution in [0.4, 0.5) is 4.39 Å². The maximum Gasteiger partial charge on any atom is 0.142 e. The van der Waals surface area contributed by atoms with Crippen LogP contribution in [0.5, 0.6) is 5.75 Å². The SMILES string of the molecule is COc1ccc(F)cc1-c1ccnc(CC#N)n1. The molecule has 0 aliphatic rings. The van der Waals surface area contributed by atoms with Gasteiger partial charge in [-0.1, -0.05) is 0 Å². The van der Waals surface area contributed by atoms with E-state index in [1.54, 1.807) is 12.3 Å². The summed E-state index contributed by atoms with van der Waals surface area (Å²) in [5, 5.41) is 8.61. The molecule has 0 saturated heterocycles. The molecule has 2 rings (SSSR count). The van der Waals surface area contributed by atoms with Gasteiger partial charge in [0.15, 0.2) is 0 Å². The zero-order valence-corrected chi connectivity index (χ0v) is 9.72. The first-order valence-corrected chi connectivity index (χ1v) is 5.27. The van der Waals surface area contributed by atoms with Gasteiger partial charge in [-0.05, 0) is 24.3 Å². The van der Waals surface area contributed by atoms with Crippen LogP contribution in [0.1, 0.15) is 5.82 Å². The van der Waals surface area contributed by atoms with Gasteiger partial charge < -0.3 is 4.74 Å². The summed E-state index contributed by atoms with van der Waals surface area (Å²) in [6.45, 7) is 0. The average molecular weight is 243 g/mol. The number of methoxy groups -OCH3 is 1. The lowest BCUT2D eigenvalue weighted by atomic mass is 10.1. The molecule has 18 heavy (non-hydrogen) atoms. The van der Waals surface area contributed by atoms with Crippen molar-refractivity contribution < 1.29 is 9.13 Å². The number of nitriles is 1. The van der Waals surface area contributed by atoms with Crippen molar-refractivity contribution in [3.05, 3.63) is 42.1 Å². The van der Waals surface area contributed by atoms with E-state index in [2.05, 4.69) is 9.97 Å². The lowest BCUT2D eigenvalue weighted by molar-refractivity contribution is 0.415. The fourth-order valence-corrected chi connectivity index (χ4v) is 1.59. The van der Waals surface area contributed by atoms with Crippen LogP contribution in [0.15, 0.2) is 30.5 Å². The number of hydrogen-bond acceptors (Lipinski definition) is 4. The number of ether oxygens (including phenoxy) is 1. The number of nitrogens with zero attached hydrogens (tertiary/aromatic N) is 3. The van der Waals surface area contributed by atoms with Gasteiger partial charge in [-0.2, -0.15) is 5.26 Å². The van der Waals surface area contributed by atoms with Gasteiger partial charge in [-0.3, -0.25) is 0 Å². The molecule has 90 valence electrons. The molecule has 5 heteroatoms. The molecule has 0 unspecified atom stereocenters. The number of halogens is 1. The van der Waals surface area contributed by atoms with Crippen LogP contribution >= 0.6 is 0 Å². The van der Waals surface area contributed by atoms with E-state index in [4.69, 9.17) is 10.00 Å². The van der Waals surface area contributed by atoms with Crippen molar-refractivity contribution in [1.82, 2.24) is 9.97 Å². The van der Waals surface area contributed by atoms with Crippen LogP contribution in [0.25, 0.3) is 11.3 Å². The highest BCUT2D eigenvalue weighted by molar-refractivity contribution is 5.66. The van der Waals surface area contributed by atoms with Crippen molar-refractivity contribution in [2.24, 2.45) is 0 Å². The minimum absolute atomic E-state index is 0.117. The first-order chi connectivity index (χ1) is 8.74. The third-order valence-corrected chi connectivity index (χ3v) is 2.38. The molecule has 0 amide bonds. The van der Waals surface area contributed by atoms with Crippen molar-refractivity contribution in [2.45, 2.75) is 6.42 Å². The normalized spacial score (nSPS) is 9.83. The topological polar surface area (TPSA) is 58.8 Å². The lowest BCUT2D eigenvalue weighted by Crippen LogP contribution is -1.97. The monoisotopic (exact) mass is 243 g/mol. The van der Waals surface area contributed by atoms with Crippen molar-refractivity contribution in [3.8, 4) is 23.1 Å². The molecule has 0 fully saturated rings. The molecular formula is C13H10FN3O. The molecule has 4 nitrogen and oxygen atoms in total. The number of rotatable bonds is 3. The highest BCUT2D eigenvalue weighted by atomic mass is 19.1. The Morgan fingerprint density at radius 3 is 2.94 bits per heavy atom. The summed E-state index contributed by atoms with van der Waals surface area (Å²) in [5.41, 5.74) is 1.07. The molecule has 2 aromatic rings. The third kappa shape index (κ3) is 2.43. The van der Waals surface area contributed by atoms with Crippen LogP contribution in [-0.2, 0) is 6.42 Å². The molecule has 1 aromatic heterocycles. The predicted molar refractivity (Wildman–Crippen MR) is 63.3 cm³/mol. The van der Waals surface area contributed by atoms with E-state index in [0.29, 0.717) is 22.8 Å². The minimum atomic E-state index is -0.369. The van der Waals surface area contributed by atoms with Crippen LogP contribution < -0.4 is 4.74 Å². The second-order valence-electron chi connectivity index (χ2n) is 3.54. The maximum absolute atomic E-state index is 13.3. The summed E-state index contributed by atoms with van der Waals surface area (Å²) in [7, 11) is 1.51. The summed E-state index contributed by atoms with van der Waals surface area (Å²) >= 11 is 0. The molecule has 0 radical (unpaired) electrons. The van der Waals surface area contributed by atoms with E-state index < -0.39 is 0 Å². The molecule has 0 bridgehead atoms. The highest BCUT2D eigenvalue weighted by Gasteiger charge is 2.09. The summed E-state index contributed by atoms with van der Waals surface area (Å²) < 4.78 is 18.4. The molecule has 0 saturated carbocycles.